The average molecular weight is 1320 g/mol. The number of H-pyrrole nitrogens is 1. The summed E-state index contributed by atoms with van der Waals surface area (Å²) in [4.78, 5) is 72.7. The summed E-state index contributed by atoms with van der Waals surface area (Å²) in [6.07, 6.45) is 7.91. The number of allylic oxidation sites excluding steroid dienone is 1. The third-order valence-electron chi connectivity index (χ3n) is 15.6. The molecule has 0 saturated carbocycles. The average Bonchev–Trinajstić information content (AvgIpc) is 1.59. The summed E-state index contributed by atoms with van der Waals surface area (Å²) in [5, 5.41) is 45.8. The Morgan fingerprint density at radius 3 is 2.06 bits per heavy atom. The molecule has 0 spiro atoms. The molecule has 4 aromatic heterocycles. The van der Waals surface area contributed by atoms with Crippen molar-refractivity contribution in [1.29, 1.82) is 5.26 Å². The van der Waals surface area contributed by atoms with E-state index in [1.54, 1.807) is 10.9 Å². The first-order valence-electron chi connectivity index (χ1n) is 31.2. The third-order valence-corrected chi connectivity index (χ3v) is 15.6. The van der Waals surface area contributed by atoms with E-state index in [1.165, 1.54) is 35.4 Å². The highest BCUT2D eigenvalue weighted by Crippen LogP contribution is 2.33. The molecule has 2 saturated heterocycles. The zero-order valence-corrected chi connectivity index (χ0v) is 52.6. The number of piperidine rings is 1. The molecule has 0 unspecified atom stereocenters. The molecule has 508 valence electrons. The zero-order chi connectivity index (χ0) is 66.4. The maximum atomic E-state index is 13.8. The summed E-state index contributed by atoms with van der Waals surface area (Å²) in [5.74, 6) is -7.24. The van der Waals surface area contributed by atoms with Gasteiger partial charge in [0.15, 0.2) is 17.5 Å². The fourth-order valence-corrected chi connectivity index (χ4v) is 10.6. The maximum absolute atomic E-state index is 13.8. The molecule has 0 bridgehead atoms. The van der Waals surface area contributed by atoms with Gasteiger partial charge in [-0.3, -0.25) is 29.0 Å². The van der Waals surface area contributed by atoms with Crippen LogP contribution in [0.4, 0.5) is 13.2 Å². The Morgan fingerprint density at radius 1 is 0.777 bits per heavy atom. The first-order valence-corrected chi connectivity index (χ1v) is 31.2. The van der Waals surface area contributed by atoms with Crippen LogP contribution in [0.1, 0.15) is 64.3 Å². The van der Waals surface area contributed by atoms with Crippen LogP contribution in [0.3, 0.4) is 0 Å². The molecular formula is C63H81F3N14O14. The van der Waals surface area contributed by atoms with Crippen molar-refractivity contribution in [3.63, 3.8) is 0 Å². The van der Waals surface area contributed by atoms with Crippen molar-refractivity contribution in [2.24, 2.45) is 0 Å². The second kappa shape index (κ2) is 38.3. The lowest BCUT2D eigenvalue weighted by atomic mass is 9.93. The highest BCUT2D eigenvalue weighted by atomic mass is 19.1. The summed E-state index contributed by atoms with van der Waals surface area (Å²) in [5.41, 5.74) is 3.40. The molecule has 6 aromatic rings. The van der Waals surface area contributed by atoms with Crippen LogP contribution in [0, 0.1) is 28.8 Å². The number of aliphatic hydroxyl groups excluding tert-OH is 2. The minimum atomic E-state index is -1.32. The van der Waals surface area contributed by atoms with Gasteiger partial charge in [-0.05, 0) is 49.9 Å². The van der Waals surface area contributed by atoms with E-state index in [1.807, 2.05) is 35.2 Å². The van der Waals surface area contributed by atoms with Crippen LogP contribution in [-0.2, 0) is 51.2 Å². The molecule has 2 fully saturated rings. The topological polar surface area (TPSA) is 321 Å². The first kappa shape index (κ1) is 71.7. The summed E-state index contributed by atoms with van der Waals surface area (Å²) in [6.45, 7) is 11.3. The van der Waals surface area contributed by atoms with Gasteiger partial charge in [0.25, 0.3) is 17.6 Å². The number of nitriles is 1. The Kier molecular flexibility index (Phi) is 29.2. The van der Waals surface area contributed by atoms with Gasteiger partial charge in [-0.25, -0.2) is 27.8 Å². The number of nitrogens with one attached hydrogen (secondary N) is 2. The van der Waals surface area contributed by atoms with Gasteiger partial charge >= 0.3 is 5.97 Å². The minimum absolute atomic E-state index is 0.0646. The van der Waals surface area contributed by atoms with E-state index in [0.29, 0.717) is 126 Å². The molecule has 6 heterocycles. The number of hydrogen-bond acceptors (Lipinski definition) is 23. The molecule has 8 rings (SSSR count). The number of hydrogen-bond donors (Lipinski definition) is 4. The number of esters is 1. The monoisotopic (exact) mass is 1310 g/mol. The number of ketones is 1. The molecule has 0 atom stereocenters. The van der Waals surface area contributed by atoms with E-state index >= 15 is 0 Å². The van der Waals surface area contributed by atoms with Gasteiger partial charge in [-0.2, -0.15) is 9.94 Å². The summed E-state index contributed by atoms with van der Waals surface area (Å²) >= 11 is 0. The Labute approximate surface area is 541 Å². The molecule has 4 N–H and O–H groups in total. The maximum Gasteiger partial charge on any atom is 0.313 e. The number of Topliss-reactive ketones (excluding diaryl/α,β-unsaturated/α-hetero) is 1. The Balaban J connectivity index is 0.622. The fraction of sp³-hybridized carbons (Fsp3) is 0.524. The lowest BCUT2D eigenvalue weighted by Gasteiger charge is -2.35. The molecule has 0 aliphatic carbocycles. The van der Waals surface area contributed by atoms with Gasteiger partial charge in [0.2, 0.25) is 11.6 Å². The van der Waals surface area contributed by atoms with Crippen LogP contribution in [0.25, 0.3) is 22.3 Å². The van der Waals surface area contributed by atoms with Crippen molar-refractivity contribution in [3.8, 4) is 23.4 Å². The van der Waals surface area contributed by atoms with Crippen molar-refractivity contribution < 1.29 is 80.5 Å². The number of amides is 2. The predicted octanol–water partition coefficient (Wildman–Crippen LogP) is 3.02. The smallest absolute Gasteiger partial charge is 0.313 e. The number of ether oxygens (including phenoxy) is 8. The number of fused-ring (bicyclic) bond motifs is 1. The molecule has 94 heavy (non-hydrogen) atoms. The fourth-order valence-electron chi connectivity index (χ4n) is 10.6. The predicted molar refractivity (Wildman–Crippen MR) is 331 cm³/mol. The van der Waals surface area contributed by atoms with Gasteiger partial charge in [-0.15, -0.1) is 10.2 Å². The molecule has 28 nitrogen and oxygen atoms in total. The van der Waals surface area contributed by atoms with Crippen molar-refractivity contribution >= 4 is 40.0 Å². The highest BCUT2D eigenvalue weighted by Gasteiger charge is 2.31. The second-order valence-corrected chi connectivity index (χ2v) is 21.9. The number of piperazine rings is 1. The number of rotatable bonds is 41. The van der Waals surface area contributed by atoms with Crippen LogP contribution >= 0.6 is 0 Å². The number of pyridine rings is 1. The van der Waals surface area contributed by atoms with E-state index in [2.05, 4.69) is 56.3 Å². The van der Waals surface area contributed by atoms with Crippen molar-refractivity contribution in [2.45, 2.75) is 51.3 Å². The molecule has 0 radical (unpaired) electrons. The molecule has 31 heteroatoms. The highest BCUT2D eigenvalue weighted by molar-refractivity contribution is 6.45. The number of nitrogens with zero attached hydrogens (tertiary/aromatic N) is 12. The number of benzene rings is 2. The number of likely N-dealkylation sites (tertiary alicyclic amines) is 1. The number of methoxy groups -OCH3 is 1. The van der Waals surface area contributed by atoms with E-state index in [9.17, 15) is 47.8 Å². The van der Waals surface area contributed by atoms with E-state index < -0.39 is 52.8 Å². The Hall–Kier alpha value is -8.13. The van der Waals surface area contributed by atoms with Gasteiger partial charge in [0.05, 0.1) is 159 Å². The Bertz CT molecular complexity index is 3410. The largest absolute Gasteiger partial charge is 0.494 e. The number of halogens is 3. The molecule has 2 amide bonds. The summed E-state index contributed by atoms with van der Waals surface area (Å²) in [7, 11) is 1.43. The molecule has 2 aromatic carbocycles. The van der Waals surface area contributed by atoms with Crippen LogP contribution in [0.15, 0.2) is 73.0 Å². The van der Waals surface area contributed by atoms with E-state index in [-0.39, 0.29) is 88.7 Å². The lowest BCUT2D eigenvalue weighted by molar-refractivity contribution is -0.136. The number of aromatic amines is 1. The SMILES string of the molecule is COc1cnc(-n2cnc(C(=O)NCCCN(CCCN3CCN(CCOCCOCCOCCOCc4cn(CCOCCOCCC(=O)Oc5c(F)cc(F)cc5F)nn4)CC3)C(CO)CO)n2)c2[nH]cc(C(=O)C(=O)N3CCC(=C(C#N)c4ccccc4)CC3)c12. The van der Waals surface area contributed by atoms with Crippen molar-refractivity contribution in [3.05, 3.63) is 113 Å². The zero-order valence-electron chi connectivity index (χ0n) is 52.6. The van der Waals surface area contributed by atoms with Crippen molar-refractivity contribution in [1.82, 2.24) is 64.6 Å². The second-order valence-electron chi connectivity index (χ2n) is 21.9. The quantitative estimate of drug-likeness (QED) is 0.0107. The van der Waals surface area contributed by atoms with Gasteiger partial charge < -0.3 is 68.2 Å². The minimum Gasteiger partial charge on any atom is -0.494 e. The number of carbonyl (C=O) groups excluding carboxylic acids is 4. The van der Waals surface area contributed by atoms with Gasteiger partial charge in [0, 0.05) is 77.2 Å². The van der Waals surface area contributed by atoms with Gasteiger partial charge in [-0.1, -0.05) is 35.5 Å². The first-order chi connectivity index (χ1) is 45.9. The van der Waals surface area contributed by atoms with Crippen molar-refractivity contribution in [2.75, 3.05) is 165 Å². The van der Waals surface area contributed by atoms with E-state index in [4.69, 9.17) is 33.2 Å². The normalized spacial score (nSPS) is 13.9. The molecule has 2 aliphatic rings. The van der Waals surface area contributed by atoms with Crippen LogP contribution in [0.2, 0.25) is 0 Å². The molecular weight excluding hydrogens is 1230 g/mol. The van der Waals surface area contributed by atoms with E-state index in [0.717, 1.165) is 56.8 Å². The summed E-state index contributed by atoms with van der Waals surface area (Å²) < 4.78 is 86.9. The standard InChI is InChI=1S/C63H81F3N14O14/c1-87-54-39-70-61(57-56(54)51(38-69-57)58(84)63(86)78-16-9-46(10-17-78)50(37-67)45-7-3-2-4-8-45)80-44-71-60(73-80)62(85)68-12-5-14-77(49(41-81)42-82)15-6-13-75-18-20-76(21-19-75)22-25-89-29-30-91-31-32-92-33-34-93-43-48-40-79(74-72-48)23-26-90-28-27-88-24-11-55(83)94-59-52(65)35-47(64)36-53(59)66/h2-4,7-8,35-36,38-40,44,49,69,81-82H,5-6,9-34,41-43H2,1H3,(H,68,85). The number of aliphatic hydroxyl groups is 2. The molecule has 2 aliphatic heterocycles. The van der Waals surface area contributed by atoms with Crippen LogP contribution in [-0.4, -0.2) is 264 Å². The van der Waals surface area contributed by atoms with Gasteiger partial charge in [0.1, 0.15) is 23.6 Å². The Morgan fingerprint density at radius 2 is 1.40 bits per heavy atom. The van der Waals surface area contributed by atoms with Crippen LogP contribution in [0.5, 0.6) is 11.5 Å². The number of carbonyl (C=O) groups is 4. The number of aromatic nitrogens is 8. The third kappa shape index (κ3) is 21.4. The lowest BCUT2D eigenvalue weighted by Crippen LogP contribution is -2.48. The summed E-state index contributed by atoms with van der Waals surface area (Å²) in [6, 6.07) is 12.1. The van der Waals surface area contributed by atoms with Crippen LogP contribution < -0.4 is 14.8 Å².